The topological polar surface area (TPSA) is 112 Å². The molecule has 5 nitrogen and oxygen atoms in total. The van der Waals surface area contributed by atoms with Crippen molar-refractivity contribution in [3.05, 3.63) is 0 Å². The van der Waals surface area contributed by atoms with Crippen LogP contribution >= 0.6 is 0 Å². The average Bonchev–Trinajstić information content (AvgIpc) is 0.722. The van der Waals surface area contributed by atoms with Crippen molar-refractivity contribution in [2.24, 2.45) is 0 Å². The van der Waals surface area contributed by atoms with E-state index in [-0.39, 0.29) is 42.8 Å². The summed E-state index contributed by atoms with van der Waals surface area (Å²) in [5.41, 5.74) is 0. The molecule has 0 unspecified atom stereocenters. The molecule has 0 aromatic carbocycles. The molecule has 0 aliphatic carbocycles. The minimum absolute atomic E-state index is 0. The van der Waals surface area contributed by atoms with E-state index in [4.69, 9.17) is 17.5 Å². The van der Waals surface area contributed by atoms with E-state index in [2.05, 4.69) is 0 Å². The second-order valence-electron chi connectivity index (χ2n) is 0.408. The maximum absolute atomic E-state index is 8.52. The molecule has 0 heterocycles. The Hall–Kier alpha value is 1.08. The Bertz CT molecular complexity index is 91.2. The monoisotopic (exact) mass is 280 g/mol. The molecule has 0 aliphatic heterocycles. The van der Waals surface area contributed by atoms with Crippen LogP contribution < -0.4 is 0 Å². The largest absolute Gasteiger partial charge is 3.00 e. The van der Waals surface area contributed by atoms with Gasteiger partial charge in [-0.05, 0) is 0 Å². The Kier molecular flexibility index (Phi) is 11.7. The summed E-state index contributed by atoms with van der Waals surface area (Å²) in [5, 5.41) is 0. The second-order valence-corrected chi connectivity index (χ2v) is 1.22. The summed E-state index contributed by atoms with van der Waals surface area (Å²) >= 11 is 0. The smallest absolute Gasteiger partial charge is 0.759 e. The molecular weight excluding hydrogens is 279 g/mol. The van der Waals surface area contributed by atoms with E-state index in [1.807, 2.05) is 0 Å². The van der Waals surface area contributed by atoms with Crippen molar-refractivity contribution in [3.8, 4) is 0 Å². The molecule has 1 radical (unpaired) electrons. The van der Waals surface area contributed by atoms with Gasteiger partial charge >= 0.3 is 37.3 Å². The molecule has 0 saturated carbocycles. The first kappa shape index (κ1) is 15.7. The molecule has 0 spiro atoms. The quantitative estimate of drug-likeness (QED) is 0.372. The van der Waals surface area contributed by atoms with Crippen LogP contribution in [-0.4, -0.2) is 23.0 Å². The van der Waals surface area contributed by atoms with Gasteiger partial charge in [0.05, 0.1) is 0 Å². The molecule has 0 aliphatic rings. The first-order valence-electron chi connectivity index (χ1n) is 0.667. The van der Waals surface area contributed by atoms with Crippen molar-refractivity contribution in [2.75, 3.05) is 0 Å². The Morgan fingerprint density at radius 2 is 1.14 bits per heavy atom. The summed E-state index contributed by atoms with van der Waals surface area (Å²) in [7, 11) is -5.17. The van der Waals surface area contributed by atoms with Gasteiger partial charge in [0.1, 0.15) is 0 Å². The van der Waals surface area contributed by atoms with Crippen LogP contribution in [-0.2, 0) is 10.4 Å². The Balaban J connectivity index is -0.0000000800. The summed E-state index contributed by atoms with van der Waals surface area (Å²) in [6.45, 7) is 0. The SMILES string of the molecule is O.O=S(=O)([O-])[O-].[Er+3]. The zero-order valence-corrected chi connectivity index (χ0v) is 5.50. The van der Waals surface area contributed by atoms with Crippen LogP contribution in [0.15, 0.2) is 0 Å². The van der Waals surface area contributed by atoms with E-state index in [0.29, 0.717) is 0 Å². The van der Waals surface area contributed by atoms with Gasteiger partial charge in [0.25, 0.3) is 0 Å². The van der Waals surface area contributed by atoms with Crippen LogP contribution in [0.1, 0.15) is 0 Å². The molecule has 0 fully saturated rings. The molecule has 7 heteroatoms. The summed E-state index contributed by atoms with van der Waals surface area (Å²) < 4.78 is 34.1. The van der Waals surface area contributed by atoms with E-state index in [0.717, 1.165) is 0 Å². The van der Waals surface area contributed by atoms with Crippen molar-refractivity contribution in [1.82, 2.24) is 0 Å². The standard InChI is InChI=1S/Er.H2O4S.H2O/c;1-5(2,3)4;/h;(H2,1,2,3,4);1H2/q+3;;/p-2. The van der Waals surface area contributed by atoms with Crippen LogP contribution in [0, 0.1) is 37.3 Å². The van der Waals surface area contributed by atoms with Crippen molar-refractivity contribution in [2.45, 2.75) is 0 Å². The van der Waals surface area contributed by atoms with Gasteiger partial charge in [-0.2, -0.15) is 0 Å². The third-order valence-electron chi connectivity index (χ3n) is 0. The molecule has 0 amide bonds. The fourth-order valence-corrected chi connectivity index (χ4v) is 0. The molecule has 0 saturated heterocycles. The Labute approximate surface area is 70.2 Å². The van der Waals surface area contributed by atoms with E-state index < -0.39 is 10.4 Å². The molecule has 7 heavy (non-hydrogen) atoms. The average molecular weight is 281 g/mol. The zero-order valence-electron chi connectivity index (χ0n) is 2.83. The van der Waals surface area contributed by atoms with Gasteiger partial charge in [-0.15, -0.1) is 0 Å². The summed E-state index contributed by atoms with van der Waals surface area (Å²) in [5.74, 6) is 0. The first-order chi connectivity index (χ1) is 2.00. The molecular formula is H2ErO5S+. The van der Waals surface area contributed by atoms with Crippen LogP contribution in [0.5, 0.6) is 0 Å². The Morgan fingerprint density at radius 1 is 1.14 bits per heavy atom. The molecule has 49 valence electrons. The normalized spacial score (nSPS) is 8.29. The molecule has 0 rings (SSSR count). The fourth-order valence-electron chi connectivity index (χ4n) is 0. The van der Waals surface area contributed by atoms with Gasteiger partial charge in [-0.1, -0.05) is 0 Å². The summed E-state index contributed by atoms with van der Waals surface area (Å²) in [6.07, 6.45) is 0. The van der Waals surface area contributed by atoms with Crippen LogP contribution in [0.25, 0.3) is 0 Å². The molecule has 0 aromatic heterocycles. The Morgan fingerprint density at radius 3 is 1.14 bits per heavy atom. The third-order valence-corrected chi connectivity index (χ3v) is 0. The van der Waals surface area contributed by atoms with Gasteiger partial charge < -0.3 is 14.6 Å². The number of hydrogen-bond acceptors (Lipinski definition) is 4. The number of hydrogen-bond donors (Lipinski definition) is 0. The zero-order chi connectivity index (χ0) is 4.50. The number of rotatable bonds is 0. The van der Waals surface area contributed by atoms with Crippen molar-refractivity contribution in [3.63, 3.8) is 0 Å². The molecule has 2 N–H and O–H groups in total. The van der Waals surface area contributed by atoms with Gasteiger partial charge in [-0.25, -0.2) is 0 Å². The van der Waals surface area contributed by atoms with Gasteiger partial charge in [0, 0.05) is 10.4 Å². The molecule has 0 aromatic rings. The summed E-state index contributed by atoms with van der Waals surface area (Å²) in [6, 6.07) is 0. The maximum atomic E-state index is 8.52. The molecule has 0 bridgehead atoms. The van der Waals surface area contributed by atoms with E-state index in [1.54, 1.807) is 0 Å². The van der Waals surface area contributed by atoms with Gasteiger partial charge in [0.2, 0.25) is 0 Å². The second kappa shape index (κ2) is 5.22. The minimum Gasteiger partial charge on any atom is -0.759 e. The van der Waals surface area contributed by atoms with Crippen molar-refractivity contribution >= 4 is 10.4 Å². The van der Waals surface area contributed by atoms with Crippen LogP contribution in [0.3, 0.4) is 0 Å². The van der Waals surface area contributed by atoms with E-state index in [1.165, 1.54) is 0 Å². The van der Waals surface area contributed by atoms with Crippen molar-refractivity contribution in [1.29, 1.82) is 0 Å². The first-order valence-corrected chi connectivity index (χ1v) is 2.00. The third kappa shape index (κ3) is 157. The minimum atomic E-state index is -5.17. The van der Waals surface area contributed by atoms with Crippen molar-refractivity contribution < 1.29 is 60.3 Å². The molecule has 0 atom stereocenters. The van der Waals surface area contributed by atoms with Gasteiger partial charge in [-0.3, -0.25) is 8.42 Å². The maximum Gasteiger partial charge on any atom is 3.00 e. The van der Waals surface area contributed by atoms with Crippen LogP contribution in [0.2, 0.25) is 0 Å². The van der Waals surface area contributed by atoms with E-state index >= 15 is 0 Å². The van der Waals surface area contributed by atoms with Gasteiger partial charge in [0.15, 0.2) is 0 Å². The van der Waals surface area contributed by atoms with Crippen LogP contribution in [0.4, 0.5) is 0 Å². The van der Waals surface area contributed by atoms with E-state index in [9.17, 15) is 0 Å². The predicted molar refractivity (Wildman–Crippen MR) is 14.1 cm³/mol. The summed E-state index contributed by atoms with van der Waals surface area (Å²) in [4.78, 5) is 0. The predicted octanol–water partition coefficient (Wildman–Crippen LogP) is -2.16. The fraction of sp³-hybridized carbons (Fsp3) is 0.